The van der Waals surface area contributed by atoms with Gasteiger partial charge in [0.05, 0.1) is 11.7 Å². The molecule has 0 aromatic carbocycles. The fourth-order valence-electron chi connectivity index (χ4n) is 7.72. The Morgan fingerprint density at radius 3 is 2.32 bits per heavy atom. The van der Waals surface area contributed by atoms with Crippen molar-refractivity contribution in [1.29, 1.82) is 0 Å². The summed E-state index contributed by atoms with van der Waals surface area (Å²) in [7, 11) is -4.85. The van der Waals surface area contributed by atoms with Crippen LogP contribution in [-0.4, -0.2) is 41.0 Å². The Morgan fingerprint density at radius 1 is 1.00 bits per heavy atom. The average Bonchev–Trinajstić information content (AvgIpc) is 2.74. The van der Waals surface area contributed by atoms with Crippen LogP contribution in [0.5, 0.6) is 0 Å². The first-order valence-corrected chi connectivity index (χ1v) is 11.8. The van der Waals surface area contributed by atoms with Gasteiger partial charge in [0.2, 0.25) is 10.4 Å². The summed E-state index contributed by atoms with van der Waals surface area (Å²) in [4.78, 5) is 0. The Bertz CT molecular complexity index is 711. The summed E-state index contributed by atoms with van der Waals surface area (Å²) in [5, 5.41) is 21.4. The summed E-state index contributed by atoms with van der Waals surface area (Å²) >= 11 is 0. The SMILES string of the molecule is C[C@]12CC[C@H](O)C[C@@H]1CC[C@@H]1[C@@H]2CC[C@@]2(C)[C@H]1C[C@H](OS(=O)(=O)[O-])[C@]2(C)O.[Na+]. The molecule has 156 valence electrons. The van der Waals surface area contributed by atoms with Crippen molar-refractivity contribution in [3.05, 3.63) is 0 Å². The van der Waals surface area contributed by atoms with Gasteiger partial charge in [0.15, 0.2) is 0 Å². The monoisotopic (exact) mass is 424 g/mol. The standard InChI is InChI=1S/C20H34O6S.Na/c1-18-8-6-13(21)10-12(18)4-5-14-15(18)7-9-19(2)16(14)11-17(20(19,3)22)26-27(23,24)25;/h12-17,21-22H,4-11H2,1-3H3,(H,23,24,25);/q;+1/p-1/t12-,13-,14+,15-,16-,17-,18-,19-,20-;/m0./s1. The summed E-state index contributed by atoms with van der Waals surface area (Å²) in [5.74, 6) is 1.64. The molecule has 8 heteroatoms. The van der Waals surface area contributed by atoms with E-state index < -0.39 is 27.5 Å². The molecular weight excluding hydrogens is 391 g/mol. The van der Waals surface area contributed by atoms with E-state index in [1.165, 1.54) is 0 Å². The van der Waals surface area contributed by atoms with Crippen molar-refractivity contribution in [1.82, 2.24) is 0 Å². The van der Waals surface area contributed by atoms with Gasteiger partial charge >= 0.3 is 29.6 Å². The number of rotatable bonds is 2. The van der Waals surface area contributed by atoms with Gasteiger partial charge in [0.25, 0.3) is 0 Å². The molecule has 0 unspecified atom stereocenters. The van der Waals surface area contributed by atoms with Crippen LogP contribution in [-0.2, 0) is 14.6 Å². The second-order valence-electron chi connectivity index (χ2n) is 10.4. The molecule has 2 N–H and O–H groups in total. The third-order valence-corrected chi connectivity index (χ3v) is 9.98. The van der Waals surface area contributed by atoms with Crippen molar-refractivity contribution in [2.45, 2.75) is 89.9 Å². The summed E-state index contributed by atoms with van der Waals surface area (Å²) in [6.07, 6.45) is 6.01. The van der Waals surface area contributed by atoms with Crippen LogP contribution in [0.2, 0.25) is 0 Å². The van der Waals surface area contributed by atoms with Gasteiger partial charge < -0.3 is 14.8 Å². The van der Waals surface area contributed by atoms with E-state index in [-0.39, 0.29) is 47.0 Å². The summed E-state index contributed by atoms with van der Waals surface area (Å²) < 4.78 is 38.5. The Balaban J connectivity index is 0.00000225. The largest absolute Gasteiger partial charge is 1.00 e. The van der Waals surface area contributed by atoms with E-state index in [2.05, 4.69) is 6.92 Å². The molecule has 28 heavy (non-hydrogen) atoms. The van der Waals surface area contributed by atoms with Gasteiger partial charge in [-0.15, -0.1) is 0 Å². The number of aliphatic hydroxyl groups excluding tert-OH is 1. The van der Waals surface area contributed by atoms with E-state index in [4.69, 9.17) is 4.18 Å². The second kappa shape index (κ2) is 7.44. The minimum Gasteiger partial charge on any atom is -0.726 e. The zero-order valence-electron chi connectivity index (χ0n) is 17.6. The van der Waals surface area contributed by atoms with Crippen LogP contribution in [0, 0.1) is 34.5 Å². The van der Waals surface area contributed by atoms with E-state index in [9.17, 15) is 23.2 Å². The van der Waals surface area contributed by atoms with Gasteiger partial charge in [-0.3, -0.25) is 4.18 Å². The minimum atomic E-state index is -4.85. The number of aliphatic hydroxyl groups is 2. The summed E-state index contributed by atoms with van der Waals surface area (Å²) in [6, 6.07) is 0. The van der Waals surface area contributed by atoms with Crippen molar-refractivity contribution >= 4 is 10.4 Å². The van der Waals surface area contributed by atoms with Gasteiger partial charge in [0.1, 0.15) is 6.10 Å². The Morgan fingerprint density at radius 2 is 1.68 bits per heavy atom. The Labute approximate surface area is 191 Å². The fraction of sp³-hybridized carbons (Fsp3) is 1.00. The molecule has 4 fully saturated rings. The number of hydrogen-bond acceptors (Lipinski definition) is 6. The van der Waals surface area contributed by atoms with Crippen LogP contribution < -0.4 is 29.6 Å². The quantitative estimate of drug-likeness (QED) is 0.355. The predicted molar refractivity (Wildman–Crippen MR) is 98.3 cm³/mol. The van der Waals surface area contributed by atoms with Gasteiger partial charge in [-0.25, -0.2) is 8.42 Å². The molecule has 4 rings (SSSR count). The molecule has 0 heterocycles. The van der Waals surface area contributed by atoms with Crippen LogP contribution in [0.4, 0.5) is 0 Å². The van der Waals surface area contributed by atoms with Crippen molar-refractivity contribution in [3.8, 4) is 0 Å². The van der Waals surface area contributed by atoms with Crippen molar-refractivity contribution in [2.24, 2.45) is 34.5 Å². The molecule has 0 radical (unpaired) electrons. The van der Waals surface area contributed by atoms with Crippen molar-refractivity contribution in [2.75, 3.05) is 0 Å². The Hall–Kier alpha value is 0.790. The number of hydrogen-bond donors (Lipinski definition) is 2. The van der Waals surface area contributed by atoms with Gasteiger partial charge in [-0.1, -0.05) is 13.8 Å². The fourth-order valence-corrected chi connectivity index (χ4v) is 8.27. The van der Waals surface area contributed by atoms with E-state index in [0.29, 0.717) is 24.2 Å². The zero-order valence-corrected chi connectivity index (χ0v) is 20.4. The molecular formula is C20H33NaO6S. The maximum absolute atomic E-state index is 11.2. The van der Waals surface area contributed by atoms with Crippen LogP contribution in [0.3, 0.4) is 0 Å². The predicted octanol–water partition coefficient (Wildman–Crippen LogP) is -0.400. The van der Waals surface area contributed by atoms with E-state index >= 15 is 0 Å². The second-order valence-corrected chi connectivity index (χ2v) is 11.4. The van der Waals surface area contributed by atoms with E-state index in [0.717, 1.165) is 44.9 Å². The van der Waals surface area contributed by atoms with Crippen LogP contribution in [0.1, 0.15) is 72.1 Å². The molecule has 0 aromatic rings. The van der Waals surface area contributed by atoms with Crippen molar-refractivity contribution in [3.63, 3.8) is 0 Å². The average molecular weight is 425 g/mol. The maximum Gasteiger partial charge on any atom is 1.00 e. The first-order valence-electron chi connectivity index (χ1n) is 10.4. The molecule has 0 aliphatic heterocycles. The summed E-state index contributed by atoms with van der Waals surface area (Å²) in [6.45, 7) is 6.08. The molecule has 6 nitrogen and oxygen atoms in total. The van der Waals surface area contributed by atoms with Crippen molar-refractivity contribution < 1.29 is 56.9 Å². The summed E-state index contributed by atoms with van der Waals surface area (Å²) in [5.41, 5.74) is -1.57. The van der Waals surface area contributed by atoms with Crippen LogP contribution in [0.15, 0.2) is 0 Å². The third-order valence-electron chi connectivity index (χ3n) is 9.51. The molecule has 0 bridgehead atoms. The van der Waals surface area contributed by atoms with Gasteiger partial charge in [0, 0.05) is 5.41 Å². The molecule has 0 saturated heterocycles. The van der Waals surface area contributed by atoms with E-state index in [1.54, 1.807) is 6.92 Å². The van der Waals surface area contributed by atoms with Gasteiger partial charge in [-0.2, -0.15) is 0 Å². The normalized spacial score (nSPS) is 53.5. The first kappa shape index (κ1) is 23.5. The molecule has 0 aromatic heterocycles. The topological polar surface area (TPSA) is 107 Å². The maximum atomic E-state index is 11.2. The Kier molecular flexibility index (Phi) is 6.23. The molecule has 0 spiro atoms. The van der Waals surface area contributed by atoms with E-state index in [1.807, 2.05) is 6.92 Å². The third kappa shape index (κ3) is 3.46. The zero-order chi connectivity index (χ0) is 19.8. The molecule has 4 aliphatic carbocycles. The first-order chi connectivity index (χ1) is 12.4. The minimum absolute atomic E-state index is 0. The molecule has 4 aliphatic rings. The molecule has 9 atom stereocenters. The van der Waals surface area contributed by atoms with Crippen LogP contribution >= 0.6 is 0 Å². The van der Waals surface area contributed by atoms with Gasteiger partial charge in [-0.05, 0) is 87.4 Å². The number of fused-ring (bicyclic) bond motifs is 5. The molecule has 0 amide bonds. The molecule has 4 saturated carbocycles. The smallest absolute Gasteiger partial charge is 0.726 e. The van der Waals surface area contributed by atoms with Crippen LogP contribution in [0.25, 0.3) is 0 Å².